The number of aliphatic carboxylic acids is 1. The normalized spacial score (nSPS) is 12.4. The van der Waals surface area contributed by atoms with Gasteiger partial charge in [-0.3, -0.25) is 9.59 Å². The zero-order valence-corrected chi connectivity index (χ0v) is 12.3. The summed E-state index contributed by atoms with van der Waals surface area (Å²) >= 11 is 0. The Morgan fingerprint density at radius 3 is 2.80 bits per heavy atom. The van der Waals surface area contributed by atoms with Crippen LogP contribution < -0.4 is 5.32 Å². The number of rotatable bonds is 8. The van der Waals surface area contributed by atoms with E-state index in [0.29, 0.717) is 18.3 Å². The van der Waals surface area contributed by atoms with Crippen molar-refractivity contribution in [2.45, 2.75) is 32.9 Å². The molecule has 1 rings (SSSR count). The lowest BCUT2D eigenvalue weighted by Gasteiger charge is -2.23. The summed E-state index contributed by atoms with van der Waals surface area (Å²) < 4.78 is 1.43. The fourth-order valence-corrected chi connectivity index (χ4v) is 1.87. The predicted molar refractivity (Wildman–Crippen MR) is 76.8 cm³/mol. The van der Waals surface area contributed by atoms with Crippen LogP contribution in [-0.2, 0) is 11.3 Å². The lowest BCUT2D eigenvalue weighted by Crippen LogP contribution is -2.37. The van der Waals surface area contributed by atoms with Gasteiger partial charge < -0.3 is 19.9 Å². The van der Waals surface area contributed by atoms with Crippen LogP contribution in [0.3, 0.4) is 0 Å². The maximum absolute atomic E-state index is 12.0. The minimum absolute atomic E-state index is 0.206. The smallest absolute Gasteiger partial charge is 0.323 e. The first-order valence-corrected chi connectivity index (χ1v) is 6.81. The number of aromatic nitrogens is 1. The Hall–Kier alpha value is -1.82. The van der Waals surface area contributed by atoms with E-state index in [4.69, 9.17) is 5.11 Å². The first-order chi connectivity index (χ1) is 9.45. The van der Waals surface area contributed by atoms with Gasteiger partial charge in [-0.15, -0.1) is 0 Å². The van der Waals surface area contributed by atoms with Gasteiger partial charge in [0.05, 0.1) is 0 Å². The van der Waals surface area contributed by atoms with Crippen molar-refractivity contribution in [3.05, 3.63) is 24.0 Å². The summed E-state index contributed by atoms with van der Waals surface area (Å²) in [5.74, 6) is -1.21. The number of hydrogen-bond acceptors (Lipinski definition) is 3. The van der Waals surface area contributed by atoms with Crippen molar-refractivity contribution in [3.63, 3.8) is 0 Å². The molecule has 1 aromatic rings. The van der Waals surface area contributed by atoms with Crippen LogP contribution in [0.2, 0.25) is 0 Å². The summed E-state index contributed by atoms with van der Waals surface area (Å²) in [5.41, 5.74) is 0.374. The van der Waals surface area contributed by atoms with E-state index in [1.54, 1.807) is 18.3 Å². The highest BCUT2D eigenvalue weighted by Crippen LogP contribution is 2.03. The zero-order valence-electron chi connectivity index (χ0n) is 12.3. The molecule has 0 aromatic carbocycles. The molecule has 6 heteroatoms. The quantitative estimate of drug-likeness (QED) is 0.746. The number of likely N-dealkylation sites (N-methyl/N-ethyl adjacent to an activating group) is 1. The molecule has 0 bridgehead atoms. The largest absolute Gasteiger partial charge is 0.480 e. The highest BCUT2D eigenvalue weighted by atomic mass is 16.4. The third-order valence-electron chi connectivity index (χ3n) is 3.46. The van der Waals surface area contributed by atoms with E-state index >= 15 is 0 Å². The van der Waals surface area contributed by atoms with Crippen LogP contribution in [0.4, 0.5) is 0 Å². The lowest BCUT2D eigenvalue weighted by atomic mass is 10.2. The van der Waals surface area contributed by atoms with Crippen LogP contribution in [0, 0.1) is 0 Å². The number of carbonyl (C=O) groups is 2. The van der Waals surface area contributed by atoms with Crippen LogP contribution in [0.15, 0.2) is 18.3 Å². The van der Waals surface area contributed by atoms with Gasteiger partial charge in [0.25, 0.3) is 5.91 Å². The van der Waals surface area contributed by atoms with E-state index in [0.717, 1.165) is 13.0 Å². The van der Waals surface area contributed by atoms with Crippen LogP contribution in [0.25, 0.3) is 0 Å². The molecule has 6 nitrogen and oxygen atoms in total. The van der Waals surface area contributed by atoms with Gasteiger partial charge >= 0.3 is 5.97 Å². The summed E-state index contributed by atoms with van der Waals surface area (Å²) in [7, 11) is 2.02. The Kier molecular flexibility index (Phi) is 6.24. The van der Waals surface area contributed by atoms with E-state index in [1.165, 1.54) is 4.57 Å². The van der Waals surface area contributed by atoms with Crippen LogP contribution >= 0.6 is 0 Å². The molecule has 2 N–H and O–H groups in total. The molecule has 1 amide bonds. The fraction of sp³-hybridized carbons (Fsp3) is 0.571. The van der Waals surface area contributed by atoms with Crippen LogP contribution in [-0.4, -0.2) is 52.6 Å². The number of nitrogens with zero attached hydrogens (tertiary/aromatic N) is 2. The van der Waals surface area contributed by atoms with E-state index < -0.39 is 5.97 Å². The lowest BCUT2D eigenvalue weighted by molar-refractivity contribution is -0.137. The number of carboxylic acids is 1. The molecule has 0 aliphatic heterocycles. The van der Waals surface area contributed by atoms with Gasteiger partial charge in [0, 0.05) is 25.3 Å². The van der Waals surface area contributed by atoms with Gasteiger partial charge in [-0.2, -0.15) is 0 Å². The van der Waals surface area contributed by atoms with E-state index in [2.05, 4.69) is 24.1 Å². The van der Waals surface area contributed by atoms with Crippen molar-refractivity contribution >= 4 is 11.9 Å². The maximum atomic E-state index is 12.0. The summed E-state index contributed by atoms with van der Waals surface area (Å²) in [6.45, 7) is 5.36. The molecule has 0 aliphatic carbocycles. The molecule has 1 unspecified atom stereocenters. The molecule has 0 spiro atoms. The Morgan fingerprint density at radius 2 is 2.20 bits per heavy atom. The van der Waals surface area contributed by atoms with Gasteiger partial charge in [-0.25, -0.2) is 0 Å². The molecule has 1 aromatic heterocycles. The van der Waals surface area contributed by atoms with Crippen molar-refractivity contribution in [2.24, 2.45) is 0 Å². The number of carbonyl (C=O) groups excluding carboxylic acids is 1. The van der Waals surface area contributed by atoms with Gasteiger partial charge in [0.15, 0.2) is 0 Å². The molecule has 0 aliphatic rings. The highest BCUT2D eigenvalue weighted by Gasteiger charge is 2.13. The third kappa shape index (κ3) is 4.70. The SMILES string of the molecule is CCC(C)N(C)CCNC(=O)c1cccn1CC(=O)O. The van der Waals surface area contributed by atoms with Gasteiger partial charge in [0.1, 0.15) is 12.2 Å². The first-order valence-electron chi connectivity index (χ1n) is 6.81. The summed E-state index contributed by atoms with van der Waals surface area (Å²) in [4.78, 5) is 24.9. The minimum atomic E-state index is -0.966. The molecule has 0 radical (unpaired) electrons. The molecular weight excluding hydrogens is 258 g/mol. The van der Waals surface area contributed by atoms with Crippen molar-refractivity contribution < 1.29 is 14.7 Å². The Labute approximate surface area is 119 Å². The topological polar surface area (TPSA) is 74.6 Å². The second-order valence-corrected chi connectivity index (χ2v) is 4.91. The minimum Gasteiger partial charge on any atom is -0.480 e. The van der Waals surface area contributed by atoms with Gasteiger partial charge in [-0.05, 0) is 32.5 Å². The molecule has 20 heavy (non-hydrogen) atoms. The second-order valence-electron chi connectivity index (χ2n) is 4.91. The molecular formula is C14H23N3O3. The number of nitrogens with one attached hydrogen (secondary N) is 1. The average Bonchev–Trinajstić information content (AvgIpc) is 2.84. The molecule has 112 valence electrons. The van der Waals surface area contributed by atoms with Crippen molar-refractivity contribution in [1.82, 2.24) is 14.8 Å². The van der Waals surface area contributed by atoms with E-state index in [9.17, 15) is 9.59 Å². The molecule has 0 fully saturated rings. The standard InChI is InChI=1S/C14H23N3O3/c1-4-11(2)16(3)9-7-15-14(20)12-6-5-8-17(12)10-13(18)19/h5-6,8,11H,4,7,9-10H2,1-3H3,(H,15,20)(H,18,19). The number of hydrogen-bond donors (Lipinski definition) is 2. The Balaban J connectivity index is 2.47. The molecule has 0 saturated carbocycles. The number of amides is 1. The van der Waals surface area contributed by atoms with E-state index in [-0.39, 0.29) is 12.5 Å². The van der Waals surface area contributed by atoms with Gasteiger partial charge in [-0.1, -0.05) is 6.92 Å². The van der Waals surface area contributed by atoms with Crippen molar-refractivity contribution in [3.8, 4) is 0 Å². The molecule has 1 heterocycles. The molecule has 0 saturated heterocycles. The number of carboxylic acid groups (broad SMARTS) is 1. The summed E-state index contributed by atoms with van der Waals surface area (Å²) in [5, 5.41) is 11.6. The highest BCUT2D eigenvalue weighted by molar-refractivity contribution is 5.93. The average molecular weight is 281 g/mol. The third-order valence-corrected chi connectivity index (χ3v) is 3.46. The zero-order chi connectivity index (χ0) is 15.1. The fourth-order valence-electron chi connectivity index (χ4n) is 1.87. The van der Waals surface area contributed by atoms with Crippen molar-refractivity contribution in [2.75, 3.05) is 20.1 Å². The monoisotopic (exact) mass is 281 g/mol. The van der Waals surface area contributed by atoms with E-state index in [1.807, 2.05) is 7.05 Å². The Bertz CT molecular complexity index is 456. The van der Waals surface area contributed by atoms with Gasteiger partial charge in [0.2, 0.25) is 0 Å². The van der Waals surface area contributed by atoms with Crippen molar-refractivity contribution in [1.29, 1.82) is 0 Å². The second kappa shape index (κ2) is 7.69. The van der Waals surface area contributed by atoms with Crippen LogP contribution in [0.1, 0.15) is 30.8 Å². The first kappa shape index (κ1) is 16.2. The molecule has 1 atom stereocenters. The summed E-state index contributed by atoms with van der Waals surface area (Å²) in [6, 6.07) is 3.77. The summed E-state index contributed by atoms with van der Waals surface area (Å²) in [6.07, 6.45) is 2.65. The Morgan fingerprint density at radius 1 is 1.50 bits per heavy atom. The predicted octanol–water partition coefficient (Wildman–Crippen LogP) is 1.03. The van der Waals surface area contributed by atoms with Crippen LogP contribution in [0.5, 0.6) is 0 Å². The maximum Gasteiger partial charge on any atom is 0.323 e.